The molecule has 2 aromatic heterocycles. The van der Waals surface area contributed by atoms with Gasteiger partial charge in [-0.2, -0.15) is 0 Å². The van der Waals surface area contributed by atoms with Gasteiger partial charge in [0.1, 0.15) is 17.6 Å². The molecule has 1 unspecified atom stereocenters. The number of aromatic nitrogens is 3. The van der Waals surface area contributed by atoms with E-state index in [-0.39, 0.29) is 11.3 Å². The second-order valence-corrected chi connectivity index (χ2v) is 7.13. The Kier molecular flexibility index (Phi) is 5.79. The molecule has 3 aromatic rings. The van der Waals surface area contributed by atoms with Crippen LogP contribution in [0.2, 0.25) is 0 Å². The van der Waals surface area contributed by atoms with Crippen LogP contribution in [0.5, 0.6) is 5.75 Å². The van der Waals surface area contributed by atoms with Gasteiger partial charge >= 0.3 is 0 Å². The molecule has 3 heterocycles. The van der Waals surface area contributed by atoms with E-state index in [4.69, 9.17) is 4.74 Å². The summed E-state index contributed by atoms with van der Waals surface area (Å²) in [6.07, 6.45) is 7.45. The van der Waals surface area contributed by atoms with Crippen LogP contribution in [0.4, 0.5) is 0 Å². The number of carbonyl (C=O) groups excluding carboxylic acids is 2. The number of amides is 1. The Balaban J connectivity index is 1.72. The minimum atomic E-state index is -0.768. The highest BCUT2D eigenvalue weighted by Crippen LogP contribution is 2.39. The Morgan fingerprint density at radius 2 is 2.00 bits per heavy atom. The van der Waals surface area contributed by atoms with Crippen LogP contribution in [0.25, 0.3) is 5.76 Å². The predicted octanol–water partition coefficient (Wildman–Crippen LogP) is 2.80. The number of imidazole rings is 1. The van der Waals surface area contributed by atoms with Crippen LogP contribution in [0.15, 0.2) is 73.0 Å². The molecule has 8 heteroatoms. The normalized spacial score (nSPS) is 17.8. The first-order chi connectivity index (χ1) is 15.1. The Labute approximate surface area is 179 Å². The van der Waals surface area contributed by atoms with E-state index in [9.17, 15) is 14.7 Å². The first-order valence-electron chi connectivity index (χ1n) is 9.89. The number of likely N-dealkylation sites (tertiary alicyclic amines) is 1. The summed E-state index contributed by atoms with van der Waals surface area (Å²) in [5.74, 6) is -1.08. The van der Waals surface area contributed by atoms with E-state index < -0.39 is 17.7 Å². The third kappa shape index (κ3) is 4.05. The number of hydrogen-bond acceptors (Lipinski definition) is 6. The van der Waals surface area contributed by atoms with Gasteiger partial charge in [-0.3, -0.25) is 14.6 Å². The number of ether oxygens (including phenoxy) is 1. The molecule has 1 fully saturated rings. The van der Waals surface area contributed by atoms with Gasteiger partial charge in [-0.15, -0.1) is 0 Å². The van der Waals surface area contributed by atoms with Crippen molar-refractivity contribution in [3.63, 3.8) is 0 Å². The second-order valence-electron chi connectivity index (χ2n) is 7.13. The monoisotopic (exact) mass is 418 g/mol. The van der Waals surface area contributed by atoms with Crippen molar-refractivity contribution < 1.29 is 19.4 Å². The maximum atomic E-state index is 13.0. The highest BCUT2D eigenvalue weighted by atomic mass is 16.5. The molecule has 31 heavy (non-hydrogen) atoms. The standard InChI is InChI=1S/C23H22N4O4/c1-31-17-7-4-6-16(14-17)21(28)19-20(18-8-2-3-9-25-18)27(23(30)22(19)29)12-5-11-26-13-10-24-15-26/h2-4,6-10,13-15,20,28H,5,11-12H2,1H3/b21-19-. The van der Waals surface area contributed by atoms with Gasteiger partial charge in [0.2, 0.25) is 0 Å². The van der Waals surface area contributed by atoms with Crippen LogP contribution in [-0.4, -0.2) is 49.9 Å². The zero-order chi connectivity index (χ0) is 21.8. The van der Waals surface area contributed by atoms with Crippen molar-refractivity contribution in [1.82, 2.24) is 19.4 Å². The van der Waals surface area contributed by atoms with Gasteiger partial charge in [-0.25, -0.2) is 4.98 Å². The highest BCUT2D eigenvalue weighted by molar-refractivity contribution is 6.46. The zero-order valence-corrected chi connectivity index (χ0v) is 17.0. The Hall–Kier alpha value is -3.94. The molecule has 0 spiro atoms. The van der Waals surface area contributed by atoms with Gasteiger partial charge in [0, 0.05) is 37.2 Å². The summed E-state index contributed by atoms with van der Waals surface area (Å²) in [7, 11) is 1.52. The number of Topliss-reactive ketones (excluding diaryl/α,β-unsaturated/α-hetero) is 1. The van der Waals surface area contributed by atoms with E-state index in [0.717, 1.165) is 0 Å². The van der Waals surface area contributed by atoms with Gasteiger partial charge in [-0.05, 0) is 30.7 Å². The number of ketones is 1. The summed E-state index contributed by atoms with van der Waals surface area (Å²) in [6, 6.07) is 11.3. The minimum absolute atomic E-state index is 0.0274. The molecule has 1 aliphatic heterocycles. The fraction of sp³-hybridized carbons (Fsp3) is 0.217. The molecule has 1 aromatic carbocycles. The van der Waals surface area contributed by atoms with Crippen molar-refractivity contribution in [3.05, 3.63) is 84.2 Å². The third-order valence-electron chi connectivity index (χ3n) is 5.23. The molecule has 1 amide bonds. The number of hydrogen-bond donors (Lipinski definition) is 1. The van der Waals surface area contributed by atoms with Crippen molar-refractivity contribution >= 4 is 17.4 Å². The molecule has 1 aliphatic rings. The van der Waals surface area contributed by atoms with Crippen molar-refractivity contribution in [1.29, 1.82) is 0 Å². The Morgan fingerprint density at radius 3 is 2.71 bits per heavy atom. The average molecular weight is 418 g/mol. The number of benzene rings is 1. The lowest BCUT2D eigenvalue weighted by atomic mass is 9.98. The lowest BCUT2D eigenvalue weighted by Crippen LogP contribution is -2.31. The summed E-state index contributed by atoms with van der Waals surface area (Å²) in [5.41, 5.74) is 0.949. The van der Waals surface area contributed by atoms with Gasteiger partial charge in [-0.1, -0.05) is 18.2 Å². The third-order valence-corrected chi connectivity index (χ3v) is 5.23. The van der Waals surface area contributed by atoms with E-state index >= 15 is 0 Å². The van der Waals surface area contributed by atoms with Gasteiger partial charge < -0.3 is 19.3 Å². The molecule has 4 rings (SSSR count). The molecular weight excluding hydrogens is 396 g/mol. The van der Waals surface area contributed by atoms with Gasteiger partial charge in [0.05, 0.1) is 24.7 Å². The van der Waals surface area contributed by atoms with Crippen LogP contribution < -0.4 is 4.74 Å². The van der Waals surface area contributed by atoms with Gasteiger partial charge in [0.15, 0.2) is 0 Å². The molecule has 158 valence electrons. The van der Waals surface area contributed by atoms with E-state index in [1.807, 2.05) is 10.8 Å². The first kappa shape index (κ1) is 20.3. The molecule has 1 N–H and O–H groups in total. The van der Waals surface area contributed by atoms with Crippen molar-refractivity contribution in [2.24, 2.45) is 0 Å². The van der Waals surface area contributed by atoms with E-state index in [1.165, 1.54) is 12.0 Å². The molecule has 0 aliphatic carbocycles. The summed E-state index contributed by atoms with van der Waals surface area (Å²) in [6.45, 7) is 0.979. The lowest BCUT2D eigenvalue weighted by molar-refractivity contribution is -0.140. The SMILES string of the molecule is COc1cccc(/C(O)=C2/C(=O)C(=O)N(CCCn3ccnc3)C2c2ccccn2)c1. The Bertz CT molecular complexity index is 1110. The van der Waals surface area contributed by atoms with Crippen molar-refractivity contribution in [2.45, 2.75) is 19.0 Å². The smallest absolute Gasteiger partial charge is 0.295 e. The number of pyridine rings is 1. The van der Waals surface area contributed by atoms with Crippen LogP contribution in [0, 0.1) is 0 Å². The van der Waals surface area contributed by atoms with Gasteiger partial charge in [0.25, 0.3) is 11.7 Å². The Morgan fingerprint density at radius 1 is 1.13 bits per heavy atom. The number of carbonyl (C=O) groups is 2. The van der Waals surface area contributed by atoms with Crippen LogP contribution in [0.3, 0.4) is 0 Å². The molecule has 0 saturated carbocycles. The molecule has 1 atom stereocenters. The average Bonchev–Trinajstić information content (AvgIpc) is 3.41. The number of aliphatic hydroxyl groups excluding tert-OH is 1. The predicted molar refractivity (Wildman–Crippen MR) is 113 cm³/mol. The summed E-state index contributed by atoms with van der Waals surface area (Å²) in [4.78, 5) is 35.7. The topological polar surface area (TPSA) is 97.6 Å². The van der Waals surface area contributed by atoms with Crippen molar-refractivity contribution in [3.8, 4) is 5.75 Å². The molecular formula is C23H22N4O4. The van der Waals surface area contributed by atoms with E-state index in [1.54, 1.807) is 61.2 Å². The van der Waals surface area contributed by atoms with Crippen LogP contribution in [0.1, 0.15) is 23.7 Å². The highest BCUT2D eigenvalue weighted by Gasteiger charge is 2.46. The lowest BCUT2D eigenvalue weighted by Gasteiger charge is -2.24. The van der Waals surface area contributed by atoms with E-state index in [0.29, 0.717) is 36.5 Å². The fourth-order valence-electron chi connectivity index (χ4n) is 3.72. The quantitative estimate of drug-likeness (QED) is 0.360. The second kappa shape index (κ2) is 8.83. The minimum Gasteiger partial charge on any atom is -0.507 e. The number of methoxy groups -OCH3 is 1. The summed E-state index contributed by atoms with van der Waals surface area (Å²) >= 11 is 0. The molecule has 8 nitrogen and oxygen atoms in total. The van der Waals surface area contributed by atoms with Crippen LogP contribution in [-0.2, 0) is 16.1 Å². The number of aryl methyl sites for hydroxylation is 1. The maximum absolute atomic E-state index is 13.0. The molecule has 1 saturated heterocycles. The maximum Gasteiger partial charge on any atom is 0.295 e. The fourth-order valence-corrected chi connectivity index (χ4v) is 3.72. The van der Waals surface area contributed by atoms with Crippen LogP contribution >= 0.6 is 0 Å². The number of aliphatic hydroxyl groups is 1. The summed E-state index contributed by atoms with van der Waals surface area (Å²) in [5, 5.41) is 11.0. The molecule has 0 bridgehead atoms. The zero-order valence-electron chi connectivity index (χ0n) is 17.0. The molecule has 0 radical (unpaired) electrons. The van der Waals surface area contributed by atoms with E-state index in [2.05, 4.69) is 9.97 Å². The largest absolute Gasteiger partial charge is 0.507 e. The first-order valence-corrected chi connectivity index (χ1v) is 9.89. The van der Waals surface area contributed by atoms with Crippen molar-refractivity contribution in [2.75, 3.05) is 13.7 Å². The summed E-state index contributed by atoms with van der Waals surface area (Å²) < 4.78 is 7.13. The number of nitrogens with zero attached hydrogens (tertiary/aromatic N) is 4. The number of rotatable bonds is 7.